The van der Waals surface area contributed by atoms with Crippen molar-refractivity contribution in [1.29, 1.82) is 0 Å². The molecule has 0 aliphatic heterocycles. The summed E-state index contributed by atoms with van der Waals surface area (Å²) in [5, 5.41) is 2.64. The normalized spacial score (nSPS) is 12.0. The van der Waals surface area contributed by atoms with Crippen molar-refractivity contribution in [2.75, 3.05) is 18.4 Å². The van der Waals surface area contributed by atoms with Crippen molar-refractivity contribution in [2.24, 2.45) is 0 Å². The minimum Gasteiger partial charge on any atom is -0.450 e. The second-order valence-electron chi connectivity index (χ2n) is 5.08. The van der Waals surface area contributed by atoms with E-state index in [1.807, 2.05) is 0 Å². The third-order valence-electron chi connectivity index (χ3n) is 3.44. The molecule has 0 unspecified atom stereocenters. The Bertz CT molecular complexity index is 870. The van der Waals surface area contributed by atoms with Crippen LogP contribution in [0, 0.1) is 0 Å². The summed E-state index contributed by atoms with van der Waals surface area (Å²) >= 11 is 3.18. The van der Waals surface area contributed by atoms with Crippen molar-refractivity contribution in [3.05, 3.63) is 52.9 Å². The van der Waals surface area contributed by atoms with Gasteiger partial charge in [0.05, 0.1) is 4.90 Å². The van der Waals surface area contributed by atoms with Gasteiger partial charge in [-0.3, -0.25) is 4.79 Å². The highest BCUT2D eigenvalue weighted by Gasteiger charge is 2.21. The molecule has 0 bridgehead atoms. The molecule has 0 saturated heterocycles. The number of nitrogens with zero attached hydrogens (tertiary/aromatic N) is 1. The van der Waals surface area contributed by atoms with E-state index in [4.69, 9.17) is 4.42 Å². The zero-order chi connectivity index (χ0) is 18.4. The summed E-state index contributed by atoms with van der Waals surface area (Å²) < 4.78 is 32.3. The molecule has 1 aromatic carbocycles. The lowest BCUT2D eigenvalue weighted by Gasteiger charge is -2.18. The van der Waals surface area contributed by atoms with Crippen LogP contribution in [0.2, 0.25) is 0 Å². The van der Waals surface area contributed by atoms with Crippen molar-refractivity contribution in [2.45, 2.75) is 18.7 Å². The largest absolute Gasteiger partial charge is 0.450 e. The molecule has 134 valence electrons. The lowest BCUT2D eigenvalue weighted by molar-refractivity contribution is -0.111. The van der Waals surface area contributed by atoms with Gasteiger partial charge in [0.25, 0.3) is 0 Å². The molecule has 0 aliphatic rings. The lowest BCUT2D eigenvalue weighted by atomic mass is 10.3. The Morgan fingerprint density at radius 3 is 2.56 bits per heavy atom. The zero-order valence-corrected chi connectivity index (χ0v) is 16.3. The number of nitrogens with one attached hydrogen (secondary N) is 1. The summed E-state index contributed by atoms with van der Waals surface area (Å²) in [5.74, 6) is 0.143. The third kappa shape index (κ3) is 5.04. The number of benzene rings is 1. The molecule has 0 spiro atoms. The van der Waals surface area contributed by atoms with Gasteiger partial charge in [0.15, 0.2) is 4.67 Å². The third-order valence-corrected chi connectivity index (χ3v) is 5.91. The van der Waals surface area contributed by atoms with Gasteiger partial charge in [-0.15, -0.1) is 0 Å². The molecule has 0 radical (unpaired) electrons. The van der Waals surface area contributed by atoms with Gasteiger partial charge in [0.1, 0.15) is 5.76 Å². The van der Waals surface area contributed by atoms with Crippen LogP contribution in [0.1, 0.15) is 19.6 Å². The highest BCUT2D eigenvalue weighted by molar-refractivity contribution is 9.10. The lowest BCUT2D eigenvalue weighted by Crippen LogP contribution is -2.30. The van der Waals surface area contributed by atoms with E-state index in [0.717, 1.165) is 0 Å². The Hall–Kier alpha value is -1.90. The second kappa shape index (κ2) is 8.46. The van der Waals surface area contributed by atoms with Crippen molar-refractivity contribution < 1.29 is 17.6 Å². The van der Waals surface area contributed by atoms with E-state index in [1.54, 1.807) is 38.1 Å². The van der Waals surface area contributed by atoms with Crippen molar-refractivity contribution >= 4 is 43.6 Å². The Kier molecular flexibility index (Phi) is 6.57. The Balaban J connectivity index is 2.13. The molecule has 1 heterocycles. The summed E-state index contributed by atoms with van der Waals surface area (Å²) in [6.07, 6.45) is 2.84. The predicted molar refractivity (Wildman–Crippen MR) is 101 cm³/mol. The smallest absolute Gasteiger partial charge is 0.248 e. The number of halogens is 1. The quantitative estimate of drug-likeness (QED) is 0.683. The van der Waals surface area contributed by atoms with E-state index in [-0.39, 0.29) is 10.8 Å². The van der Waals surface area contributed by atoms with Gasteiger partial charge >= 0.3 is 0 Å². The van der Waals surface area contributed by atoms with E-state index in [0.29, 0.717) is 29.2 Å². The van der Waals surface area contributed by atoms with Crippen LogP contribution in [0.3, 0.4) is 0 Å². The van der Waals surface area contributed by atoms with Crippen molar-refractivity contribution in [1.82, 2.24) is 4.31 Å². The van der Waals surface area contributed by atoms with E-state index >= 15 is 0 Å². The maximum Gasteiger partial charge on any atom is 0.248 e. The summed E-state index contributed by atoms with van der Waals surface area (Å²) in [4.78, 5) is 12.1. The number of sulfonamides is 1. The number of hydrogen-bond donors (Lipinski definition) is 1. The highest BCUT2D eigenvalue weighted by Crippen LogP contribution is 2.20. The van der Waals surface area contributed by atoms with E-state index in [9.17, 15) is 13.2 Å². The van der Waals surface area contributed by atoms with Gasteiger partial charge in [0.2, 0.25) is 15.9 Å². The first kappa shape index (κ1) is 19.4. The number of carbonyl (C=O) groups excluding carboxylic acids is 1. The fraction of sp³-hybridized carbons (Fsp3) is 0.235. The number of furan rings is 1. The van der Waals surface area contributed by atoms with Crippen LogP contribution >= 0.6 is 15.9 Å². The molecule has 0 fully saturated rings. The van der Waals surface area contributed by atoms with E-state index in [2.05, 4.69) is 21.2 Å². The maximum atomic E-state index is 12.5. The molecule has 0 saturated carbocycles. The number of rotatable bonds is 7. The van der Waals surface area contributed by atoms with Crippen LogP contribution in [-0.4, -0.2) is 31.7 Å². The van der Waals surface area contributed by atoms with Crippen LogP contribution in [0.25, 0.3) is 6.08 Å². The number of carbonyl (C=O) groups is 1. The van der Waals surface area contributed by atoms with Gasteiger partial charge in [0, 0.05) is 24.9 Å². The van der Waals surface area contributed by atoms with Crippen LogP contribution in [0.5, 0.6) is 0 Å². The summed E-state index contributed by atoms with van der Waals surface area (Å²) in [5.41, 5.74) is 0.406. The van der Waals surface area contributed by atoms with Gasteiger partial charge < -0.3 is 9.73 Å². The molecule has 25 heavy (non-hydrogen) atoms. The average Bonchev–Trinajstić information content (AvgIpc) is 2.99. The summed E-state index contributed by atoms with van der Waals surface area (Å²) in [6.45, 7) is 4.34. The van der Waals surface area contributed by atoms with E-state index < -0.39 is 10.0 Å². The molecule has 8 heteroatoms. The molecule has 1 aromatic heterocycles. The Labute approximate surface area is 155 Å². The van der Waals surface area contributed by atoms with Gasteiger partial charge in [-0.25, -0.2) is 8.42 Å². The summed E-state index contributed by atoms with van der Waals surface area (Å²) in [7, 11) is -3.57. The standard InChI is InChI=1S/C17H19BrN2O4S/c1-3-20(4-2)25(22,23)15-7-5-6-13(12-15)19-17(21)11-9-14-8-10-16(18)24-14/h5-12H,3-4H2,1-2H3,(H,19,21). The Morgan fingerprint density at radius 2 is 1.96 bits per heavy atom. The fourth-order valence-electron chi connectivity index (χ4n) is 2.21. The number of amides is 1. The number of hydrogen-bond acceptors (Lipinski definition) is 4. The average molecular weight is 427 g/mol. The molecular weight excluding hydrogens is 408 g/mol. The predicted octanol–water partition coefficient (Wildman–Crippen LogP) is 3.72. The monoisotopic (exact) mass is 426 g/mol. The first-order valence-electron chi connectivity index (χ1n) is 7.71. The van der Waals surface area contributed by atoms with Crippen LogP contribution < -0.4 is 5.32 Å². The first-order chi connectivity index (χ1) is 11.9. The fourth-order valence-corrected chi connectivity index (χ4v) is 4.03. The zero-order valence-electron chi connectivity index (χ0n) is 13.9. The minimum atomic E-state index is -3.57. The molecule has 0 aliphatic carbocycles. The minimum absolute atomic E-state index is 0.146. The van der Waals surface area contributed by atoms with Crippen molar-refractivity contribution in [3.8, 4) is 0 Å². The topological polar surface area (TPSA) is 79.6 Å². The second-order valence-corrected chi connectivity index (χ2v) is 7.80. The first-order valence-corrected chi connectivity index (χ1v) is 9.94. The van der Waals surface area contributed by atoms with Crippen LogP contribution in [-0.2, 0) is 14.8 Å². The van der Waals surface area contributed by atoms with Crippen LogP contribution in [0.15, 0.2) is 56.5 Å². The maximum absolute atomic E-state index is 12.5. The summed E-state index contributed by atoms with van der Waals surface area (Å²) in [6, 6.07) is 9.63. The van der Waals surface area contributed by atoms with Gasteiger partial charge in [-0.1, -0.05) is 19.9 Å². The van der Waals surface area contributed by atoms with E-state index in [1.165, 1.54) is 28.6 Å². The van der Waals surface area contributed by atoms with Crippen LogP contribution in [0.4, 0.5) is 5.69 Å². The molecule has 2 rings (SSSR count). The molecule has 0 atom stereocenters. The Morgan fingerprint density at radius 1 is 1.24 bits per heavy atom. The molecule has 1 amide bonds. The van der Waals surface area contributed by atoms with Crippen molar-refractivity contribution in [3.63, 3.8) is 0 Å². The van der Waals surface area contributed by atoms with Gasteiger partial charge in [-0.2, -0.15) is 4.31 Å². The van der Waals surface area contributed by atoms with Gasteiger partial charge in [-0.05, 0) is 52.3 Å². The molecule has 6 nitrogen and oxygen atoms in total. The molecule has 1 N–H and O–H groups in total. The highest BCUT2D eigenvalue weighted by atomic mass is 79.9. The SMILES string of the molecule is CCN(CC)S(=O)(=O)c1cccc(NC(=O)C=Cc2ccc(Br)o2)c1. The molecular formula is C17H19BrN2O4S. The number of anilines is 1. The molecule has 2 aromatic rings.